The van der Waals surface area contributed by atoms with Crippen LogP contribution in [0.15, 0.2) is 29.3 Å². The van der Waals surface area contributed by atoms with Crippen LogP contribution in [0.25, 0.3) is 0 Å². The molecule has 0 aromatic heterocycles. The highest BCUT2D eigenvalue weighted by Crippen LogP contribution is 2.52. The molecule has 0 bridgehead atoms. The zero-order chi connectivity index (χ0) is 21.0. The van der Waals surface area contributed by atoms with Crippen LogP contribution in [0.2, 0.25) is 0 Å². The average Bonchev–Trinajstić information content (AvgIpc) is 3.16. The molecule has 3 unspecified atom stereocenters. The number of guanidine groups is 1. The Morgan fingerprint density at radius 1 is 1.31 bits per heavy atom. The summed E-state index contributed by atoms with van der Waals surface area (Å²) < 4.78 is 11.1. The first-order chi connectivity index (χ1) is 13.8. The van der Waals surface area contributed by atoms with E-state index in [2.05, 4.69) is 41.6 Å². The molecule has 2 fully saturated rings. The van der Waals surface area contributed by atoms with Crippen molar-refractivity contribution in [3.05, 3.63) is 29.8 Å². The number of hydrogen-bond donors (Lipinski definition) is 2. The number of likely N-dealkylation sites (N-methyl/N-ethyl adjacent to an activating group) is 1. The number of amides is 1. The Balaban J connectivity index is 1.61. The van der Waals surface area contributed by atoms with Crippen LogP contribution < -0.4 is 15.4 Å². The fourth-order valence-electron chi connectivity index (χ4n) is 4.32. The molecule has 7 heteroatoms. The number of carbonyl (C=O) groups excluding carboxylic acids is 1. The van der Waals surface area contributed by atoms with Crippen molar-refractivity contribution in [3.8, 4) is 5.75 Å². The van der Waals surface area contributed by atoms with E-state index in [9.17, 15) is 4.79 Å². The van der Waals surface area contributed by atoms with E-state index in [-0.39, 0.29) is 23.9 Å². The maximum Gasteiger partial charge on any atom is 0.243 e. The van der Waals surface area contributed by atoms with Crippen molar-refractivity contribution in [2.75, 3.05) is 40.9 Å². The van der Waals surface area contributed by atoms with Gasteiger partial charge in [-0.3, -0.25) is 4.79 Å². The summed E-state index contributed by atoms with van der Waals surface area (Å²) >= 11 is 0. The van der Waals surface area contributed by atoms with Gasteiger partial charge in [-0.1, -0.05) is 26.0 Å². The highest BCUT2D eigenvalue weighted by atomic mass is 16.5. The van der Waals surface area contributed by atoms with Crippen LogP contribution in [0, 0.1) is 11.3 Å². The van der Waals surface area contributed by atoms with E-state index < -0.39 is 0 Å². The first kappa shape index (κ1) is 21.4. The molecular weight excluding hydrogens is 368 g/mol. The Labute approximate surface area is 173 Å². The third kappa shape index (κ3) is 4.83. The molecule has 3 atom stereocenters. The van der Waals surface area contributed by atoms with Gasteiger partial charge in [0.25, 0.3) is 0 Å². The van der Waals surface area contributed by atoms with Crippen LogP contribution in [-0.4, -0.2) is 69.8 Å². The lowest BCUT2D eigenvalue weighted by atomic mass is 9.57. The van der Waals surface area contributed by atoms with E-state index >= 15 is 0 Å². The normalized spacial score (nSPS) is 25.0. The van der Waals surface area contributed by atoms with Crippen LogP contribution in [0.5, 0.6) is 5.75 Å². The number of fused-ring (bicyclic) bond motifs is 1. The lowest BCUT2D eigenvalue weighted by Gasteiger charge is -2.54. The number of hydrogen-bond acceptors (Lipinski definition) is 4. The van der Waals surface area contributed by atoms with Gasteiger partial charge in [-0.15, -0.1) is 0 Å². The summed E-state index contributed by atoms with van der Waals surface area (Å²) in [5.41, 5.74) is 1.26. The number of aliphatic imine (C=N–C) groups is 1. The second kappa shape index (κ2) is 9.03. The molecule has 1 aromatic rings. The minimum Gasteiger partial charge on any atom is -0.497 e. The Morgan fingerprint density at radius 2 is 2.03 bits per heavy atom. The molecule has 1 aromatic carbocycles. The van der Waals surface area contributed by atoms with Crippen LogP contribution in [-0.2, 0) is 16.0 Å². The lowest BCUT2D eigenvalue weighted by Crippen LogP contribution is -2.68. The van der Waals surface area contributed by atoms with Gasteiger partial charge in [-0.2, -0.15) is 0 Å². The first-order valence-corrected chi connectivity index (χ1v) is 10.3. The van der Waals surface area contributed by atoms with Crippen molar-refractivity contribution in [2.45, 2.75) is 38.8 Å². The van der Waals surface area contributed by atoms with Gasteiger partial charge in [0, 0.05) is 44.6 Å². The molecule has 1 heterocycles. The van der Waals surface area contributed by atoms with Crippen molar-refractivity contribution in [1.82, 2.24) is 15.5 Å². The van der Waals surface area contributed by atoms with Crippen LogP contribution in [0.1, 0.15) is 25.8 Å². The summed E-state index contributed by atoms with van der Waals surface area (Å²) in [7, 11) is 5.16. The number of methoxy groups -OCH3 is 1. The number of benzene rings is 1. The summed E-state index contributed by atoms with van der Waals surface area (Å²) in [5, 5.41) is 6.99. The number of carbonyl (C=O) groups is 1. The van der Waals surface area contributed by atoms with E-state index in [1.807, 2.05) is 12.1 Å². The molecule has 1 aliphatic carbocycles. The standard InChI is InChI=1S/C22H34N4O3/c1-22(2)19(17-11-13-29-20(17)22)25-21(24-14-18(27)26(3)4)23-12-10-15-6-8-16(28-5)9-7-15/h6-9,17,19-20H,10-14H2,1-5H3,(H2,23,24,25). The van der Waals surface area contributed by atoms with Crippen molar-refractivity contribution in [1.29, 1.82) is 0 Å². The van der Waals surface area contributed by atoms with E-state index in [4.69, 9.17) is 9.47 Å². The van der Waals surface area contributed by atoms with Gasteiger partial charge in [0.15, 0.2) is 5.96 Å². The fourth-order valence-corrected chi connectivity index (χ4v) is 4.32. The highest BCUT2D eigenvalue weighted by Gasteiger charge is 2.59. The number of ether oxygens (including phenoxy) is 2. The Morgan fingerprint density at radius 3 is 2.69 bits per heavy atom. The molecule has 7 nitrogen and oxygen atoms in total. The van der Waals surface area contributed by atoms with Gasteiger partial charge >= 0.3 is 0 Å². The van der Waals surface area contributed by atoms with Gasteiger partial charge in [-0.05, 0) is 30.5 Å². The maximum absolute atomic E-state index is 12.0. The maximum atomic E-state index is 12.0. The zero-order valence-electron chi connectivity index (χ0n) is 18.2. The van der Waals surface area contributed by atoms with Gasteiger partial charge in [0.1, 0.15) is 12.3 Å². The smallest absolute Gasteiger partial charge is 0.243 e. The second-order valence-corrected chi connectivity index (χ2v) is 8.67. The Bertz CT molecular complexity index is 730. The summed E-state index contributed by atoms with van der Waals surface area (Å²) in [5.74, 6) is 2.03. The second-order valence-electron chi connectivity index (χ2n) is 8.67. The fraction of sp³-hybridized carbons (Fsp3) is 0.636. The summed E-state index contributed by atoms with van der Waals surface area (Å²) in [6.07, 6.45) is 2.24. The third-order valence-corrected chi connectivity index (χ3v) is 6.13. The van der Waals surface area contributed by atoms with Gasteiger partial charge < -0.3 is 25.0 Å². The zero-order valence-corrected chi connectivity index (χ0v) is 18.2. The number of nitrogens with one attached hydrogen (secondary N) is 2. The average molecular weight is 403 g/mol. The summed E-state index contributed by atoms with van der Waals surface area (Å²) in [6.45, 7) is 6.15. The topological polar surface area (TPSA) is 75.2 Å². The van der Waals surface area contributed by atoms with Crippen molar-refractivity contribution in [3.63, 3.8) is 0 Å². The molecular formula is C22H34N4O3. The Hall–Kier alpha value is -2.28. The van der Waals surface area contributed by atoms with E-state index in [1.165, 1.54) is 5.56 Å². The van der Waals surface area contributed by atoms with Crippen LogP contribution in [0.3, 0.4) is 0 Å². The monoisotopic (exact) mass is 402 g/mol. The van der Waals surface area contributed by atoms with Gasteiger partial charge in [0.05, 0.1) is 13.2 Å². The number of rotatable bonds is 7. The lowest BCUT2D eigenvalue weighted by molar-refractivity contribution is -0.127. The quantitative estimate of drug-likeness (QED) is 0.536. The Kier molecular flexibility index (Phi) is 6.67. The predicted molar refractivity (Wildman–Crippen MR) is 114 cm³/mol. The third-order valence-electron chi connectivity index (χ3n) is 6.13. The molecule has 2 N–H and O–H groups in total. The molecule has 0 spiro atoms. The summed E-state index contributed by atoms with van der Waals surface area (Å²) in [6, 6.07) is 8.35. The van der Waals surface area contributed by atoms with Gasteiger partial charge in [-0.25, -0.2) is 4.99 Å². The van der Waals surface area contributed by atoms with E-state index in [0.29, 0.717) is 18.0 Å². The first-order valence-electron chi connectivity index (χ1n) is 10.3. The van der Waals surface area contributed by atoms with Gasteiger partial charge in [0.2, 0.25) is 5.91 Å². The molecule has 1 amide bonds. The minimum atomic E-state index is -0.0174. The molecule has 0 radical (unpaired) electrons. The largest absolute Gasteiger partial charge is 0.497 e. The molecule has 3 rings (SSSR count). The molecule has 1 aliphatic heterocycles. The van der Waals surface area contributed by atoms with Crippen LogP contribution >= 0.6 is 0 Å². The molecule has 2 aliphatic rings. The predicted octanol–water partition coefficient (Wildman–Crippen LogP) is 1.67. The van der Waals surface area contributed by atoms with E-state index in [1.54, 1.807) is 26.1 Å². The SMILES string of the molecule is COc1ccc(CCNC(=NCC(=O)N(C)C)NC2C3CCOC3C2(C)C)cc1. The molecule has 1 saturated heterocycles. The van der Waals surface area contributed by atoms with Crippen LogP contribution in [0.4, 0.5) is 0 Å². The number of nitrogens with zero attached hydrogens (tertiary/aromatic N) is 2. The summed E-state index contributed by atoms with van der Waals surface area (Å²) in [4.78, 5) is 18.1. The van der Waals surface area contributed by atoms with Crippen molar-refractivity contribution >= 4 is 11.9 Å². The van der Waals surface area contributed by atoms with Crippen molar-refractivity contribution in [2.24, 2.45) is 16.3 Å². The van der Waals surface area contributed by atoms with Crippen molar-refractivity contribution < 1.29 is 14.3 Å². The molecule has 160 valence electrons. The minimum absolute atomic E-state index is 0.0174. The highest BCUT2D eigenvalue weighted by molar-refractivity contribution is 5.85. The molecule has 29 heavy (non-hydrogen) atoms. The molecule has 1 saturated carbocycles. The van der Waals surface area contributed by atoms with E-state index in [0.717, 1.165) is 31.7 Å².